The molecule has 0 fully saturated rings. The molecule has 21 heavy (non-hydrogen) atoms. The van der Waals surface area contributed by atoms with Gasteiger partial charge in [-0.3, -0.25) is 4.79 Å². The molecule has 0 radical (unpaired) electrons. The van der Waals surface area contributed by atoms with Crippen molar-refractivity contribution in [2.45, 2.75) is 31.6 Å². The Hall–Kier alpha value is -1.11. The van der Waals surface area contributed by atoms with Crippen molar-refractivity contribution in [1.82, 2.24) is 4.31 Å². The third-order valence-electron chi connectivity index (χ3n) is 3.26. The van der Waals surface area contributed by atoms with Crippen LogP contribution in [-0.4, -0.2) is 37.4 Å². The van der Waals surface area contributed by atoms with Crippen LogP contribution in [0.2, 0.25) is 5.02 Å². The first-order chi connectivity index (χ1) is 9.57. The molecule has 7 heteroatoms. The van der Waals surface area contributed by atoms with Gasteiger partial charge in [0, 0.05) is 13.6 Å². The van der Waals surface area contributed by atoms with Gasteiger partial charge in [0.1, 0.15) is 4.90 Å². The van der Waals surface area contributed by atoms with Gasteiger partial charge in [0.15, 0.2) is 0 Å². The van der Waals surface area contributed by atoms with Crippen LogP contribution < -0.4 is 0 Å². The number of aliphatic carboxylic acids is 1. The summed E-state index contributed by atoms with van der Waals surface area (Å²) >= 11 is 6.01. The Morgan fingerprint density at radius 2 is 1.90 bits per heavy atom. The molecule has 5 nitrogen and oxygen atoms in total. The fourth-order valence-electron chi connectivity index (χ4n) is 1.81. The Labute approximate surface area is 130 Å². The van der Waals surface area contributed by atoms with Crippen molar-refractivity contribution in [2.75, 3.05) is 13.6 Å². The molecular formula is C14H20ClNO4S. The van der Waals surface area contributed by atoms with E-state index in [2.05, 4.69) is 0 Å². The second-order valence-electron chi connectivity index (χ2n) is 5.37. The number of benzene rings is 1. The lowest BCUT2D eigenvalue weighted by molar-refractivity contribution is -0.141. The lowest BCUT2D eigenvalue weighted by atomic mass is 10.0. The minimum absolute atomic E-state index is 0.00968. The lowest BCUT2D eigenvalue weighted by Gasteiger charge is -2.20. The molecule has 0 aliphatic rings. The van der Waals surface area contributed by atoms with Crippen LogP contribution in [0.4, 0.5) is 0 Å². The molecule has 0 aliphatic carbocycles. The van der Waals surface area contributed by atoms with Gasteiger partial charge in [-0.15, -0.1) is 0 Å². The molecule has 0 amide bonds. The van der Waals surface area contributed by atoms with E-state index in [4.69, 9.17) is 16.7 Å². The zero-order chi connectivity index (χ0) is 16.4. The number of sulfonamides is 1. The monoisotopic (exact) mass is 333 g/mol. The number of carboxylic acid groups (broad SMARTS) is 1. The number of rotatable bonds is 6. The Morgan fingerprint density at radius 1 is 1.33 bits per heavy atom. The molecule has 1 aromatic rings. The number of nitrogens with zero attached hydrogens (tertiary/aromatic N) is 1. The number of hydrogen-bond acceptors (Lipinski definition) is 3. The van der Waals surface area contributed by atoms with Crippen molar-refractivity contribution in [3.05, 3.63) is 28.8 Å². The Balaban J connectivity index is 3.18. The number of hydrogen-bond donors (Lipinski definition) is 1. The molecule has 1 aromatic carbocycles. The fraction of sp³-hybridized carbons (Fsp3) is 0.500. The highest BCUT2D eigenvalue weighted by Gasteiger charge is 2.27. The molecule has 0 aliphatic heterocycles. The minimum Gasteiger partial charge on any atom is -0.481 e. The van der Waals surface area contributed by atoms with E-state index in [0.29, 0.717) is 0 Å². The van der Waals surface area contributed by atoms with Crippen molar-refractivity contribution in [1.29, 1.82) is 0 Å². The minimum atomic E-state index is -3.82. The number of halogens is 1. The standard InChI is InChI=1S/C14H20ClNO4S/c1-9(2)11-5-6-12(15)13(7-11)21(19,20)16(4)8-10(3)14(17)18/h5-7,9-10H,8H2,1-4H3,(H,17,18). The zero-order valence-electron chi connectivity index (χ0n) is 12.5. The van der Waals surface area contributed by atoms with Crippen LogP contribution in [0.5, 0.6) is 0 Å². The van der Waals surface area contributed by atoms with Crippen LogP contribution >= 0.6 is 11.6 Å². The van der Waals surface area contributed by atoms with Gasteiger partial charge in [-0.1, -0.05) is 38.4 Å². The van der Waals surface area contributed by atoms with E-state index in [1.165, 1.54) is 14.0 Å². The van der Waals surface area contributed by atoms with Crippen molar-refractivity contribution < 1.29 is 18.3 Å². The van der Waals surface area contributed by atoms with Crippen molar-refractivity contribution in [3.8, 4) is 0 Å². The van der Waals surface area contributed by atoms with Gasteiger partial charge in [0.2, 0.25) is 10.0 Å². The van der Waals surface area contributed by atoms with E-state index in [-0.39, 0.29) is 22.4 Å². The molecule has 1 unspecified atom stereocenters. The maximum absolute atomic E-state index is 12.5. The summed E-state index contributed by atoms with van der Waals surface area (Å²) in [6.45, 7) is 5.26. The molecule has 0 saturated carbocycles. The smallest absolute Gasteiger partial charge is 0.307 e. The average Bonchev–Trinajstić information content (AvgIpc) is 2.38. The Morgan fingerprint density at radius 3 is 2.38 bits per heavy atom. The normalized spacial score (nSPS) is 13.7. The van der Waals surface area contributed by atoms with E-state index in [1.54, 1.807) is 18.2 Å². The van der Waals surface area contributed by atoms with Crippen LogP contribution in [0.1, 0.15) is 32.3 Å². The van der Waals surface area contributed by atoms with Crippen LogP contribution in [0, 0.1) is 5.92 Å². The Bertz CT molecular complexity index is 628. The second kappa shape index (κ2) is 6.77. The first-order valence-electron chi connectivity index (χ1n) is 6.56. The molecule has 1 atom stereocenters. The van der Waals surface area contributed by atoms with E-state index >= 15 is 0 Å². The van der Waals surface area contributed by atoms with E-state index < -0.39 is 21.9 Å². The molecule has 0 bridgehead atoms. The molecule has 1 rings (SSSR count). The molecule has 0 aromatic heterocycles. The summed E-state index contributed by atoms with van der Waals surface area (Å²) in [5.41, 5.74) is 0.859. The van der Waals surface area contributed by atoms with Gasteiger partial charge in [-0.2, -0.15) is 0 Å². The van der Waals surface area contributed by atoms with Crippen molar-refractivity contribution in [3.63, 3.8) is 0 Å². The van der Waals surface area contributed by atoms with Crippen LogP contribution in [0.25, 0.3) is 0 Å². The van der Waals surface area contributed by atoms with Gasteiger partial charge < -0.3 is 5.11 Å². The average molecular weight is 334 g/mol. The lowest BCUT2D eigenvalue weighted by Crippen LogP contribution is -2.34. The summed E-state index contributed by atoms with van der Waals surface area (Å²) in [7, 11) is -2.46. The molecule has 0 spiro atoms. The highest BCUT2D eigenvalue weighted by Crippen LogP contribution is 2.28. The van der Waals surface area contributed by atoms with Crippen molar-refractivity contribution in [2.24, 2.45) is 5.92 Å². The first-order valence-corrected chi connectivity index (χ1v) is 8.37. The van der Waals surface area contributed by atoms with Gasteiger partial charge >= 0.3 is 5.97 Å². The first kappa shape index (κ1) is 17.9. The summed E-state index contributed by atoms with van der Waals surface area (Å²) in [5, 5.41) is 9.02. The van der Waals surface area contributed by atoms with Gasteiger partial charge in [0.05, 0.1) is 10.9 Å². The SMILES string of the molecule is CC(CN(C)S(=O)(=O)c1cc(C(C)C)ccc1Cl)C(=O)O. The topological polar surface area (TPSA) is 74.7 Å². The van der Waals surface area contributed by atoms with E-state index in [0.717, 1.165) is 9.87 Å². The van der Waals surface area contributed by atoms with Gasteiger partial charge in [-0.05, 0) is 23.6 Å². The maximum atomic E-state index is 12.5. The predicted octanol–water partition coefficient (Wildman–Crippen LogP) is 2.80. The summed E-state index contributed by atoms with van der Waals surface area (Å²) in [6, 6.07) is 4.88. The molecule has 0 saturated heterocycles. The van der Waals surface area contributed by atoms with Gasteiger partial charge in [-0.25, -0.2) is 12.7 Å². The summed E-state index contributed by atoms with van der Waals surface area (Å²) < 4.78 is 26.1. The highest BCUT2D eigenvalue weighted by molar-refractivity contribution is 7.89. The largest absolute Gasteiger partial charge is 0.481 e. The molecule has 118 valence electrons. The maximum Gasteiger partial charge on any atom is 0.307 e. The summed E-state index contributed by atoms with van der Waals surface area (Å²) in [4.78, 5) is 10.9. The third kappa shape index (κ3) is 4.18. The Kier molecular flexibility index (Phi) is 5.78. The quantitative estimate of drug-likeness (QED) is 0.868. The number of carboxylic acids is 1. The highest BCUT2D eigenvalue weighted by atomic mass is 35.5. The summed E-state index contributed by atoms with van der Waals surface area (Å²) in [5.74, 6) is -1.67. The van der Waals surface area contributed by atoms with E-state index in [1.807, 2.05) is 13.8 Å². The number of carbonyl (C=O) groups is 1. The molecule has 1 N–H and O–H groups in total. The predicted molar refractivity (Wildman–Crippen MR) is 82.2 cm³/mol. The van der Waals surface area contributed by atoms with Crippen LogP contribution in [0.3, 0.4) is 0 Å². The second-order valence-corrected chi connectivity index (χ2v) is 7.79. The van der Waals surface area contributed by atoms with Gasteiger partial charge in [0.25, 0.3) is 0 Å². The molecule has 0 heterocycles. The van der Waals surface area contributed by atoms with Crippen molar-refractivity contribution >= 4 is 27.6 Å². The van der Waals surface area contributed by atoms with Crippen LogP contribution in [0.15, 0.2) is 23.1 Å². The summed E-state index contributed by atoms with van der Waals surface area (Å²) in [6.07, 6.45) is 0. The molecular weight excluding hydrogens is 314 g/mol. The van der Waals surface area contributed by atoms with Crippen LogP contribution in [-0.2, 0) is 14.8 Å². The zero-order valence-corrected chi connectivity index (χ0v) is 14.1. The van der Waals surface area contributed by atoms with E-state index in [9.17, 15) is 13.2 Å². The third-order valence-corrected chi connectivity index (χ3v) is 5.57. The fourth-order valence-corrected chi connectivity index (χ4v) is 3.57.